The normalized spacial score (nSPS) is 12.3. The number of hydrazine groups is 1. The summed E-state index contributed by atoms with van der Waals surface area (Å²) in [5, 5.41) is 1.19. The smallest absolute Gasteiger partial charge is 0.242 e. The average Bonchev–Trinajstić information content (AvgIpc) is 2.39. The molecule has 0 amide bonds. The van der Waals surface area contributed by atoms with Crippen LogP contribution < -0.4 is 16.2 Å². The molecule has 0 aromatic carbocycles. The molecule has 0 radical (unpaired) electrons. The zero-order valence-electron chi connectivity index (χ0n) is 11.5. The molecule has 7 heteroatoms. The van der Waals surface area contributed by atoms with Crippen molar-refractivity contribution in [2.75, 3.05) is 23.4 Å². The molecule has 102 valence electrons. The lowest BCUT2D eigenvalue weighted by atomic mass is 10.4. The van der Waals surface area contributed by atoms with Gasteiger partial charge >= 0.3 is 0 Å². The number of hydrogen-bond acceptors (Lipinski definition) is 7. The number of nitrogens with one attached hydrogen (secondary N) is 1. The van der Waals surface area contributed by atoms with Crippen molar-refractivity contribution < 1.29 is 0 Å². The van der Waals surface area contributed by atoms with Crippen molar-refractivity contribution in [3.63, 3.8) is 0 Å². The number of rotatable bonds is 7. The fourth-order valence-electron chi connectivity index (χ4n) is 1.37. The molecule has 0 saturated carbocycles. The number of nitrogens with zero attached hydrogens (tertiary/aromatic N) is 4. The molecule has 3 N–H and O–H groups in total. The molecular weight excluding hydrogens is 248 g/mol. The van der Waals surface area contributed by atoms with Crippen molar-refractivity contribution in [2.24, 2.45) is 5.84 Å². The lowest BCUT2D eigenvalue weighted by Gasteiger charge is -2.19. The van der Waals surface area contributed by atoms with Gasteiger partial charge in [-0.2, -0.15) is 15.0 Å². The molecular formula is C11H22N6S. The predicted octanol–water partition coefficient (Wildman–Crippen LogP) is 1.89. The van der Waals surface area contributed by atoms with Crippen LogP contribution in [-0.4, -0.2) is 33.3 Å². The summed E-state index contributed by atoms with van der Waals surface area (Å²) in [6.45, 7) is 10.2. The van der Waals surface area contributed by atoms with Crippen molar-refractivity contribution in [3.05, 3.63) is 0 Å². The first-order chi connectivity index (χ1) is 8.64. The molecule has 0 aliphatic rings. The van der Waals surface area contributed by atoms with E-state index in [-0.39, 0.29) is 0 Å². The number of hydrogen-bond donors (Lipinski definition) is 2. The maximum atomic E-state index is 5.40. The molecule has 0 aliphatic heterocycles. The van der Waals surface area contributed by atoms with Crippen LogP contribution in [0.4, 0.5) is 11.9 Å². The van der Waals surface area contributed by atoms with E-state index >= 15 is 0 Å². The minimum atomic E-state index is 0.415. The van der Waals surface area contributed by atoms with Crippen molar-refractivity contribution in [1.29, 1.82) is 0 Å². The number of aromatic nitrogens is 3. The van der Waals surface area contributed by atoms with Crippen LogP contribution in [0.1, 0.15) is 34.1 Å². The summed E-state index contributed by atoms with van der Waals surface area (Å²) >= 11 is 1.64. The first kappa shape index (κ1) is 15.0. The zero-order chi connectivity index (χ0) is 13.5. The van der Waals surface area contributed by atoms with Gasteiger partial charge in [0.25, 0.3) is 0 Å². The second-order valence-corrected chi connectivity index (χ2v) is 5.30. The van der Waals surface area contributed by atoms with Gasteiger partial charge in [-0.15, -0.1) is 0 Å². The van der Waals surface area contributed by atoms with E-state index in [0.717, 1.165) is 19.5 Å². The van der Waals surface area contributed by atoms with Crippen molar-refractivity contribution >= 4 is 23.7 Å². The molecule has 1 unspecified atom stereocenters. The van der Waals surface area contributed by atoms with Crippen LogP contribution in [-0.2, 0) is 0 Å². The van der Waals surface area contributed by atoms with E-state index in [1.807, 2.05) is 0 Å². The Kier molecular flexibility index (Phi) is 6.14. The number of nitrogen functional groups attached to an aromatic ring is 1. The van der Waals surface area contributed by atoms with Crippen molar-refractivity contribution in [2.45, 2.75) is 44.5 Å². The fraction of sp³-hybridized carbons (Fsp3) is 0.727. The topological polar surface area (TPSA) is 80.0 Å². The maximum absolute atomic E-state index is 5.40. The van der Waals surface area contributed by atoms with Crippen LogP contribution in [0, 0.1) is 0 Å². The van der Waals surface area contributed by atoms with E-state index in [9.17, 15) is 0 Å². The van der Waals surface area contributed by atoms with Crippen LogP contribution in [0.3, 0.4) is 0 Å². The summed E-state index contributed by atoms with van der Waals surface area (Å²) < 4.78 is 0. The molecule has 1 heterocycles. The summed E-state index contributed by atoms with van der Waals surface area (Å²) in [6, 6.07) is 0. The maximum Gasteiger partial charge on any atom is 0.242 e. The number of nitrogens with two attached hydrogens (primary N) is 1. The van der Waals surface area contributed by atoms with E-state index in [0.29, 0.717) is 22.3 Å². The van der Waals surface area contributed by atoms with E-state index in [1.54, 1.807) is 11.8 Å². The monoisotopic (exact) mass is 270 g/mol. The highest BCUT2D eigenvalue weighted by atomic mass is 32.2. The highest BCUT2D eigenvalue weighted by Gasteiger charge is 2.12. The standard InChI is InChI=1S/C11H22N6S/c1-5-8(4)18-11-14-9(16-12)13-10(15-11)17(6-2)7-3/h8H,5-7,12H2,1-4H3,(H,13,14,15,16). The van der Waals surface area contributed by atoms with Crippen LogP contribution in [0.15, 0.2) is 5.16 Å². The van der Waals surface area contributed by atoms with Crippen molar-refractivity contribution in [3.8, 4) is 0 Å². The van der Waals surface area contributed by atoms with Gasteiger partial charge in [0.15, 0.2) is 5.16 Å². The van der Waals surface area contributed by atoms with E-state index in [2.05, 4.69) is 53.0 Å². The first-order valence-electron chi connectivity index (χ1n) is 6.28. The molecule has 0 fully saturated rings. The Morgan fingerprint density at radius 1 is 1.22 bits per heavy atom. The lowest BCUT2D eigenvalue weighted by Crippen LogP contribution is -2.25. The van der Waals surface area contributed by atoms with Crippen LogP contribution in [0.5, 0.6) is 0 Å². The largest absolute Gasteiger partial charge is 0.341 e. The Morgan fingerprint density at radius 2 is 1.89 bits per heavy atom. The Morgan fingerprint density at radius 3 is 2.39 bits per heavy atom. The highest BCUT2D eigenvalue weighted by molar-refractivity contribution is 7.99. The summed E-state index contributed by atoms with van der Waals surface area (Å²) in [5.74, 6) is 6.49. The van der Waals surface area contributed by atoms with Gasteiger partial charge in [0.05, 0.1) is 0 Å². The quantitative estimate of drug-likeness (QED) is 0.445. The summed E-state index contributed by atoms with van der Waals surface area (Å²) in [4.78, 5) is 15.1. The van der Waals surface area contributed by atoms with Crippen LogP contribution >= 0.6 is 11.8 Å². The third-order valence-corrected chi connectivity index (χ3v) is 3.79. The van der Waals surface area contributed by atoms with Crippen LogP contribution in [0.25, 0.3) is 0 Å². The highest BCUT2D eigenvalue weighted by Crippen LogP contribution is 2.23. The Bertz CT molecular complexity index is 369. The van der Waals surface area contributed by atoms with Crippen molar-refractivity contribution in [1.82, 2.24) is 15.0 Å². The van der Waals surface area contributed by atoms with Gasteiger partial charge in [0.1, 0.15) is 0 Å². The van der Waals surface area contributed by atoms with Gasteiger partial charge in [-0.3, -0.25) is 5.43 Å². The second-order valence-electron chi connectivity index (χ2n) is 3.89. The van der Waals surface area contributed by atoms with Gasteiger partial charge in [-0.05, 0) is 20.3 Å². The van der Waals surface area contributed by atoms with Gasteiger partial charge in [0.2, 0.25) is 11.9 Å². The Balaban J connectivity index is 3.00. The molecule has 1 rings (SSSR count). The van der Waals surface area contributed by atoms with E-state index in [1.165, 1.54) is 0 Å². The fourth-order valence-corrected chi connectivity index (χ4v) is 2.17. The average molecular weight is 270 g/mol. The Labute approximate surface area is 113 Å². The minimum Gasteiger partial charge on any atom is -0.341 e. The third-order valence-electron chi connectivity index (χ3n) is 2.66. The molecule has 1 aromatic heterocycles. The van der Waals surface area contributed by atoms with Gasteiger partial charge in [-0.1, -0.05) is 25.6 Å². The summed E-state index contributed by atoms with van der Waals surface area (Å²) in [7, 11) is 0. The van der Waals surface area contributed by atoms with Gasteiger partial charge < -0.3 is 4.90 Å². The van der Waals surface area contributed by atoms with Crippen LogP contribution in [0.2, 0.25) is 0 Å². The molecule has 0 bridgehead atoms. The summed E-state index contributed by atoms with van der Waals surface area (Å²) in [6.07, 6.45) is 1.07. The van der Waals surface area contributed by atoms with Gasteiger partial charge in [-0.25, -0.2) is 5.84 Å². The van der Waals surface area contributed by atoms with Gasteiger partial charge in [0, 0.05) is 18.3 Å². The molecule has 6 nitrogen and oxygen atoms in total. The predicted molar refractivity (Wildman–Crippen MR) is 76.8 cm³/mol. The van der Waals surface area contributed by atoms with E-state index in [4.69, 9.17) is 5.84 Å². The molecule has 1 aromatic rings. The summed E-state index contributed by atoms with van der Waals surface area (Å²) in [5.41, 5.74) is 2.50. The first-order valence-corrected chi connectivity index (χ1v) is 7.16. The molecule has 0 aliphatic carbocycles. The zero-order valence-corrected chi connectivity index (χ0v) is 12.3. The molecule has 18 heavy (non-hydrogen) atoms. The Hall–Kier alpha value is -1.08. The minimum absolute atomic E-state index is 0.415. The van der Waals surface area contributed by atoms with E-state index < -0.39 is 0 Å². The number of thioether (sulfide) groups is 1. The number of anilines is 2. The second kappa shape index (κ2) is 7.38. The molecule has 0 spiro atoms. The third kappa shape index (κ3) is 3.99. The molecule has 0 saturated heterocycles. The SMILES string of the molecule is CCC(C)Sc1nc(NN)nc(N(CC)CC)n1. The molecule has 1 atom stereocenters. The lowest BCUT2D eigenvalue weighted by molar-refractivity contribution is 0.780.